The minimum Gasteiger partial charge on any atom is -0.340 e. The highest BCUT2D eigenvalue weighted by atomic mass is 32.1. The Balaban J connectivity index is 1.39. The van der Waals surface area contributed by atoms with Gasteiger partial charge in [-0.25, -0.2) is 9.88 Å². The van der Waals surface area contributed by atoms with E-state index < -0.39 is 6.04 Å². The average molecular weight is 481 g/mol. The zero-order chi connectivity index (χ0) is 24.1. The molecule has 180 valence electrons. The van der Waals surface area contributed by atoms with E-state index in [4.69, 9.17) is 4.98 Å². The molecule has 2 fully saturated rings. The lowest BCUT2D eigenvalue weighted by atomic mass is 10.0. The second-order valence-electron chi connectivity index (χ2n) is 9.42. The summed E-state index contributed by atoms with van der Waals surface area (Å²) in [5.74, 6) is -0.420. The third kappa shape index (κ3) is 6.20. The van der Waals surface area contributed by atoms with Crippen molar-refractivity contribution in [2.75, 3.05) is 26.2 Å². The van der Waals surface area contributed by atoms with Gasteiger partial charge < -0.3 is 10.6 Å². The van der Waals surface area contributed by atoms with Gasteiger partial charge in [0, 0.05) is 48.7 Å². The zero-order valence-corrected chi connectivity index (χ0v) is 20.6. The van der Waals surface area contributed by atoms with Crippen molar-refractivity contribution in [3.8, 4) is 17.5 Å². The minimum atomic E-state index is -0.710. The Morgan fingerprint density at radius 2 is 1.97 bits per heavy atom. The molecular formula is C25H32N6O2S. The fourth-order valence-electron chi connectivity index (χ4n) is 4.11. The van der Waals surface area contributed by atoms with Gasteiger partial charge in [-0.3, -0.25) is 14.5 Å². The van der Waals surface area contributed by atoms with E-state index in [0.717, 1.165) is 61.8 Å². The summed E-state index contributed by atoms with van der Waals surface area (Å²) < 4.78 is 0. The maximum atomic E-state index is 12.9. The molecule has 8 nitrogen and oxygen atoms in total. The van der Waals surface area contributed by atoms with Gasteiger partial charge in [-0.1, -0.05) is 26.0 Å². The topological polar surface area (TPSA) is 101 Å². The number of carbonyl (C=O) groups is 2. The van der Waals surface area contributed by atoms with Gasteiger partial charge >= 0.3 is 0 Å². The number of piperazine rings is 1. The number of aromatic nitrogens is 1. The van der Waals surface area contributed by atoms with Gasteiger partial charge in [0.05, 0.1) is 12.2 Å². The first kappa shape index (κ1) is 24.3. The fourth-order valence-corrected chi connectivity index (χ4v) is 4.96. The number of nitrogens with zero attached hydrogens (tertiary/aromatic N) is 4. The Morgan fingerprint density at radius 1 is 1.26 bits per heavy atom. The van der Waals surface area contributed by atoms with Crippen molar-refractivity contribution < 1.29 is 9.59 Å². The number of hydrogen-bond donors (Lipinski definition) is 2. The van der Waals surface area contributed by atoms with Gasteiger partial charge in [-0.15, -0.1) is 11.3 Å². The van der Waals surface area contributed by atoms with Crippen LogP contribution in [0.3, 0.4) is 0 Å². The molecule has 1 aliphatic carbocycles. The molecule has 0 radical (unpaired) electrons. The summed E-state index contributed by atoms with van der Waals surface area (Å²) in [6.45, 7) is 8.95. The third-order valence-electron chi connectivity index (χ3n) is 6.13. The fraction of sp³-hybridized carbons (Fsp3) is 0.520. The van der Waals surface area contributed by atoms with Crippen LogP contribution in [0, 0.1) is 17.4 Å². The second-order valence-corrected chi connectivity index (χ2v) is 10.4. The predicted molar refractivity (Wildman–Crippen MR) is 132 cm³/mol. The van der Waals surface area contributed by atoms with Crippen molar-refractivity contribution in [2.24, 2.45) is 5.92 Å². The Bertz CT molecular complexity index is 1030. The SMILES string of the molecule is CC(C)CC(NC(=O)c1ccc(-c2csc(CN3CCNCC3)n2)cc1)C(=O)N(C#N)C1CC1. The molecule has 1 unspecified atom stereocenters. The molecule has 1 atom stereocenters. The highest BCUT2D eigenvalue weighted by Crippen LogP contribution is 2.27. The van der Waals surface area contributed by atoms with Crippen LogP contribution in [0.25, 0.3) is 11.3 Å². The van der Waals surface area contributed by atoms with Crippen LogP contribution in [0.15, 0.2) is 29.6 Å². The van der Waals surface area contributed by atoms with Crippen molar-refractivity contribution in [1.82, 2.24) is 25.4 Å². The first-order valence-electron chi connectivity index (χ1n) is 12.0. The normalized spacial score (nSPS) is 17.2. The van der Waals surface area contributed by atoms with Crippen LogP contribution >= 0.6 is 11.3 Å². The number of carbonyl (C=O) groups excluding carboxylic acids is 2. The molecule has 2 aromatic rings. The molecule has 4 rings (SSSR count). The second kappa shape index (κ2) is 11.1. The number of benzene rings is 1. The summed E-state index contributed by atoms with van der Waals surface area (Å²) in [7, 11) is 0. The molecule has 1 saturated carbocycles. The number of rotatable bonds is 9. The molecule has 1 aromatic heterocycles. The summed E-state index contributed by atoms with van der Waals surface area (Å²) >= 11 is 1.66. The van der Waals surface area contributed by atoms with E-state index in [9.17, 15) is 14.9 Å². The standard InChI is InChI=1S/C25H32N6O2S/c1-17(2)13-21(25(33)31(16-26)20-7-8-20)29-24(32)19-5-3-18(4-6-19)22-15-34-23(28-22)14-30-11-9-27-10-12-30/h3-6,15,17,20-21,27H,7-14H2,1-2H3,(H,29,32). The van der Waals surface area contributed by atoms with E-state index in [2.05, 4.69) is 20.9 Å². The zero-order valence-electron chi connectivity index (χ0n) is 19.8. The molecule has 1 saturated heterocycles. The van der Waals surface area contributed by atoms with Gasteiger partial charge in [0.1, 0.15) is 11.0 Å². The average Bonchev–Trinajstić information content (AvgIpc) is 3.56. The smallest absolute Gasteiger partial charge is 0.258 e. The Labute approximate surface area is 205 Å². The van der Waals surface area contributed by atoms with Crippen molar-refractivity contribution in [1.29, 1.82) is 5.26 Å². The van der Waals surface area contributed by atoms with Crippen LogP contribution < -0.4 is 10.6 Å². The number of nitrogens with one attached hydrogen (secondary N) is 2. The van der Waals surface area contributed by atoms with E-state index in [1.807, 2.05) is 32.2 Å². The minimum absolute atomic E-state index is 0.0158. The van der Waals surface area contributed by atoms with Crippen molar-refractivity contribution >= 4 is 23.2 Å². The Hall–Kier alpha value is -2.80. The summed E-state index contributed by atoms with van der Waals surface area (Å²) in [4.78, 5) is 34.3. The maximum Gasteiger partial charge on any atom is 0.258 e. The maximum absolute atomic E-state index is 12.9. The molecular weight excluding hydrogens is 448 g/mol. The quantitative estimate of drug-likeness (QED) is 0.423. The van der Waals surface area contributed by atoms with Crippen molar-refractivity contribution in [3.05, 3.63) is 40.2 Å². The highest BCUT2D eigenvalue weighted by molar-refractivity contribution is 7.09. The van der Waals surface area contributed by atoms with E-state index in [1.165, 1.54) is 4.90 Å². The molecule has 9 heteroatoms. The molecule has 0 spiro atoms. The molecule has 1 aliphatic heterocycles. The monoisotopic (exact) mass is 480 g/mol. The molecule has 0 bridgehead atoms. The molecule has 2 amide bonds. The van der Waals surface area contributed by atoms with Crippen LogP contribution in [-0.2, 0) is 11.3 Å². The van der Waals surface area contributed by atoms with Crippen LogP contribution in [0.4, 0.5) is 0 Å². The molecule has 2 aliphatic rings. The molecule has 34 heavy (non-hydrogen) atoms. The number of amides is 2. The summed E-state index contributed by atoms with van der Waals surface area (Å²) in [6, 6.07) is 6.59. The van der Waals surface area contributed by atoms with Crippen molar-refractivity contribution in [2.45, 2.75) is 51.7 Å². The van der Waals surface area contributed by atoms with E-state index in [0.29, 0.717) is 12.0 Å². The lowest BCUT2D eigenvalue weighted by Gasteiger charge is -2.26. The Kier molecular flexibility index (Phi) is 7.93. The van der Waals surface area contributed by atoms with Crippen LogP contribution in [0.2, 0.25) is 0 Å². The van der Waals surface area contributed by atoms with E-state index in [-0.39, 0.29) is 23.8 Å². The Morgan fingerprint density at radius 3 is 2.59 bits per heavy atom. The summed E-state index contributed by atoms with van der Waals surface area (Å²) in [5, 5.41) is 18.8. The molecule has 1 aromatic carbocycles. The number of nitriles is 1. The van der Waals surface area contributed by atoms with Crippen molar-refractivity contribution in [3.63, 3.8) is 0 Å². The predicted octanol–water partition coefficient (Wildman–Crippen LogP) is 2.83. The number of thiazole rings is 1. The van der Waals surface area contributed by atoms with Gasteiger partial charge in [-0.2, -0.15) is 5.26 Å². The summed E-state index contributed by atoms with van der Waals surface area (Å²) in [5.41, 5.74) is 2.35. The molecule has 2 heterocycles. The van der Waals surface area contributed by atoms with Crippen LogP contribution in [0.5, 0.6) is 0 Å². The van der Waals surface area contributed by atoms with Crippen LogP contribution in [0.1, 0.15) is 48.5 Å². The van der Waals surface area contributed by atoms with Crippen LogP contribution in [-0.4, -0.2) is 64.9 Å². The first-order valence-corrected chi connectivity index (χ1v) is 12.8. The largest absolute Gasteiger partial charge is 0.340 e. The molecule has 2 N–H and O–H groups in total. The highest BCUT2D eigenvalue weighted by Gasteiger charge is 2.37. The van der Waals surface area contributed by atoms with Gasteiger partial charge in [0.2, 0.25) is 0 Å². The van der Waals surface area contributed by atoms with Gasteiger partial charge in [-0.05, 0) is 37.3 Å². The van der Waals surface area contributed by atoms with E-state index >= 15 is 0 Å². The lowest BCUT2D eigenvalue weighted by Crippen LogP contribution is -2.48. The third-order valence-corrected chi connectivity index (χ3v) is 6.96. The van der Waals surface area contributed by atoms with Gasteiger partial charge in [0.25, 0.3) is 11.8 Å². The van der Waals surface area contributed by atoms with E-state index in [1.54, 1.807) is 23.5 Å². The lowest BCUT2D eigenvalue weighted by molar-refractivity contribution is -0.131. The van der Waals surface area contributed by atoms with Gasteiger partial charge in [0.15, 0.2) is 6.19 Å². The first-order chi connectivity index (χ1) is 16.4. The summed E-state index contributed by atoms with van der Waals surface area (Å²) in [6.07, 6.45) is 4.18. The number of hydrogen-bond acceptors (Lipinski definition) is 7.